The van der Waals surface area contributed by atoms with E-state index in [0.717, 1.165) is 10.9 Å². The van der Waals surface area contributed by atoms with Gasteiger partial charge < -0.3 is 5.73 Å². The number of nitrogens with two attached hydrogens (primary N) is 1. The third-order valence-corrected chi connectivity index (χ3v) is 4.33. The van der Waals surface area contributed by atoms with Crippen molar-refractivity contribution in [3.63, 3.8) is 0 Å². The Bertz CT molecular complexity index is 286. The van der Waals surface area contributed by atoms with Crippen LogP contribution in [0.25, 0.3) is 0 Å². The number of hydrogen-bond acceptors (Lipinski definition) is 2. The quantitative estimate of drug-likeness (QED) is 0.601. The van der Waals surface area contributed by atoms with Gasteiger partial charge in [0.05, 0.1) is 0 Å². The predicted molar refractivity (Wildman–Crippen MR) is 68.2 cm³/mol. The van der Waals surface area contributed by atoms with Crippen LogP contribution in [0.15, 0.2) is 29.2 Å². The van der Waals surface area contributed by atoms with Gasteiger partial charge in [-0.2, -0.15) is 0 Å². The van der Waals surface area contributed by atoms with Crippen molar-refractivity contribution in [2.24, 2.45) is 0 Å². The standard InChI is InChI=1S/C13H19NS/c14-11-7-9-13(10-8-11)15-12-5-3-1-2-4-6-12/h7-10,12H,1-6,14H2. The lowest BCUT2D eigenvalue weighted by Gasteiger charge is -2.13. The molecular formula is C13H19NS. The first-order valence-electron chi connectivity index (χ1n) is 5.87. The molecule has 0 heterocycles. The van der Waals surface area contributed by atoms with Crippen molar-refractivity contribution < 1.29 is 0 Å². The maximum Gasteiger partial charge on any atom is 0.0314 e. The van der Waals surface area contributed by atoms with Crippen LogP contribution in [0.2, 0.25) is 0 Å². The molecule has 0 spiro atoms. The highest BCUT2D eigenvalue weighted by Gasteiger charge is 2.13. The third kappa shape index (κ3) is 3.45. The second kappa shape index (κ2) is 5.45. The summed E-state index contributed by atoms with van der Waals surface area (Å²) in [6.07, 6.45) is 8.45. The van der Waals surface area contributed by atoms with E-state index in [1.807, 2.05) is 23.9 Å². The van der Waals surface area contributed by atoms with E-state index in [1.54, 1.807) is 0 Å². The van der Waals surface area contributed by atoms with Crippen molar-refractivity contribution in [3.05, 3.63) is 24.3 Å². The average Bonchev–Trinajstić information content (AvgIpc) is 2.50. The summed E-state index contributed by atoms with van der Waals surface area (Å²) in [6, 6.07) is 8.29. The number of nitrogen functional groups attached to an aromatic ring is 1. The van der Waals surface area contributed by atoms with Crippen LogP contribution in [0.1, 0.15) is 38.5 Å². The van der Waals surface area contributed by atoms with E-state index >= 15 is 0 Å². The molecule has 0 unspecified atom stereocenters. The monoisotopic (exact) mass is 221 g/mol. The van der Waals surface area contributed by atoms with Crippen LogP contribution in [-0.4, -0.2) is 5.25 Å². The summed E-state index contributed by atoms with van der Waals surface area (Å²) >= 11 is 2.03. The van der Waals surface area contributed by atoms with E-state index in [1.165, 1.54) is 43.4 Å². The van der Waals surface area contributed by atoms with Crippen molar-refractivity contribution >= 4 is 17.4 Å². The van der Waals surface area contributed by atoms with Gasteiger partial charge >= 0.3 is 0 Å². The first-order valence-corrected chi connectivity index (χ1v) is 6.75. The number of thioether (sulfide) groups is 1. The Morgan fingerprint density at radius 1 is 0.933 bits per heavy atom. The molecule has 1 nitrogen and oxygen atoms in total. The van der Waals surface area contributed by atoms with Gasteiger partial charge in [0.1, 0.15) is 0 Å². The highest BCUT2D eigenvalue weighted by Crippen LogP contribution is 2.32. The molecule has 1 aromatic carbocycles. The molecule has 2 rings (SSSR count). The molecule has 0 atom stereocenters. The maximum atomic E-state index is 5.68. The van der Waals surface area contributed by atoms with Crippen molar-refractivity contribution in [1.82, 2.24) is 0 Å². The maximum absolute atomic E-state index is 5.68. The fraction of sp³-hybridized carbons (Fsp3) is 0.538. The van der Waals surface area contributed by atoms with E-state index in [0.29, 0.717) is 0 Å². The van der Waals surface area contributed by atoms with Gasteiger partial charge in [0, 0.05) is 15.8 Å². The molecule has 82 valence electrons. The zero-order valence-electron chi connectivity index (χ0n) is 9.11. The van der Waals surface area contributed by atoms with Crippen LogP contribution >= 0.6 is 11.8 Å². The molecule has 0 radical (unpaired) electrons. The Labute approximate surface area is 96.4 Å². The van der Waals surface area contributed by atoms with Gasteiger partial charge in [-0.3, -0.25) is 0 Å². The molecule has 1 fully saturated rings. The fourth-order valence-corrected chi connectivity index (χ4v) is 3.35. The van der Waals surface area contributed by atoms with E-state index < -0.39 is 0 Å². The molecule has 15 heavy (non-hydrogen) atoms. The lowest BCUT2D eigenvalue weighted by atomic mass is 10.2. The normalized spacial score (nSPS) is 18.7. The van der Waals surface area contributed by atoms with E-state index in [2.05, 4.69) is 12.1 Å². The SMILES string of the molecule is Nc1ccc(SC2CCCCCC2)cc1. The number of rotatable bonds is 2. The largest absolute Gasteiger partial charge is 0.399 e. The minimum absolute atomic E-state index is 0.830. The topological polar surface area (TPSA) is 26.0 Å². The van der Waals surface area contributed by atoms with Crippen LogP contribution in [0.3, 0.4) is 0 Å². The van der Waals surface area contributed by atoms with Gasteiger partial charge in [-0.05, 0) is 37.1 Å². The van der Waals surface area contributed by atoms with E-state index in [9.17, 15) is 0 Å². The molecule has 0 bridgehead atoms. The third-order valence-electron chi connectivity index (χ3n) is 2.99. The summed E-state index contributed by atoms with van der Waals surface area (Å²) in [5.41, 5.74) is 6.54. The highest BCUT2D eigenvalue weighted by molar-refractivity contribution is 8.00. The fourth-order valence-electron chi connectivity index (χ4n) is 2.10. The Morgan fingerprint density at radius 2 is 1.53 bits per heavy atom. The van der Waals surface area contributed by atoms with Crippen molar-refractivity contribution in [2.75, 3.05) is 5.73 Å². The van der Waals surface area contributed by atoms with Crippen molar-refractivity contribution in [1.29, 1.82) is 0 Å². The molecule has 1 aliphatic carbocycles. The summed E-state index contributed by atoms with van der Waals surface area (Å²) in [5.74, 6) is 0. The zero-order valence-corrected chi connectivity index (χ0v) is 9.93. The summed E-state index contributed by atoms with van der Waals surface area (Å²) in [5, 5.41) is 0.830. The minimum atomic E-state index is 0.830. The smallest absolute Gasteiger partial charge is 0.0314 e. The molecule has 0 aliphatic heterocycles. The molecule has 0 saturated heterocycles. The summed E-state index contributed by atoms with van der Waals surface area (Å²) < 4.78 is 0. The molecular weight excluding hydrogens is 202 g/mol. The number of hydrogen-bond donors (Lipinski definition) is 1. The molecule has 0 amide bonds. The number of benzene rings is 1. The first-order chi connectivity index (χ1) is 7.34. The second-order valence-corrected chi connectivity index (χ2v) is 5.67. The lowest BCUT2D eigenvalue weighted by molar-refractivity contribution is 0.702. The average molecular weight is 221 g/mol. The second-order valence-electron chi connectivity index (χ2n) is 4.30. The number of anilines is 1. The molecule has 1 saturated carbocycles. The van der Waals surface area contributed by atoms with Crippen LogP contribution in [0.4, 0.5) is 5.69 Å². The molecule has 0 aromatic heterocycles. The Morgan fingerprint density at radius 3 is 2.13 bits per heavy atom. The molecule has 2 N–H and O–H groups in total. The summed E-state index contributed by atoms with van der Waals surface area (Å²) in [7, 11) is 0. The van der Waals surface area contributed by atoms with Gasteiger partial charge in [-0.25, -0.2) is 0 Å². The zero-order chi connectivity index (χ0) is 10.5. The summed E-state index contributed by atoms with van der Waals surface area (Å²) in [6.45, 7) is 0. The Balaban J connectivity index is 1.92. The van der Waals surface area contributed by atoms with Gasteiger partial charge in [-0.15, -0.1) is 11.8 Å². The minimum Gasteiger partial charge on any atom is -0.399 e. The van der Waals surface area contributed by atoms with Gasteiger partial charge in [-0.1, -0.05) is 25.7 Å². The van der Waals surface area contributed by atoms with Gasteiger partial charge in [0.15, 0.2) is 0 Å². The van der Waals surface area contributed by atoms with Crippen LogP contribution in [-0.2, 0) is 0 Å². The van der Waals surface area contributed by atoms with Crippen LogP contribution in [0, 0.1) is 0 Å². The Hall–Kier alpha value is -0.630. The van der Waals surface area contributed by atoms with Crippen LogP contribution in [0.5, 0.6) is 0 Å². The summed E-state index contributed by atoms with van der Waals surface area (Å²) in [4.78, 5) is 1.37. The van der Waals surface area contributed by atoms with E-state index in [4.69, 9.17) is 5.73 Å². The van der Waals surface area contributed by atoms with Crippen LogP contribution < -0.4 is 5.73 Å². The van der Waals surface area contributed by atoms with Crippen molar-refractivity contribution in [2.45, 2.75) is 48.7 Å². The molecule has 1 aromatic rings. The van der Waals surface area contributed by atoms with E-state index in [-0.39, 0.29) is 0 Å². The highest BCUT2D eigenvalue weighted by atomic mass is 32.2. The Kier molecular flexibility index (Phi) is 3.95. The lowest BCUT2D eigenvalue weighted by Crippen LogP contribution is -1.99. The molecule has 2 heteroatoms. The van der Waals surface area contributed by atoms with Gasteiger partial charge in [0.25, 0.3) is 0 Å². The first kappa shape index (κ1) is 10.9. The predicted octanol–water partition coefficient (Wildman–Crippen LogP) is 4.08. The van der Waals surface area contributed by atoms with Gasteiger partial charge in [0.2, 0.25) is 0 Å². The molecule has 1 aliphatic rings. The van der Waals surface area contributed by atoms with Crippen molar-refractivity contribution in [3.8, 4) is 0 Å².